The molecule has 0 aliphatic heterocycles. The van der Waals surface area contributed by atoms with Crippen molar-refractivity contribution >= 4 is 39.7 Å². The summed E-state index contributed by atoms with van der Waals surface area (Å²) in [7, 11) is 0. The summed E-state index contributed by atoms with van der Waals surface area (Å²) in [5, 5.41) is 9.70. The molecule has 0 radical (unpaired) electrons. The van der Waals surface area contributed by atoms with E-state index in [0.717, 1.165) is 15.0 Å². The molecular weight excluding hydrogens is 200 g/mol. The van der Waals surface area contributed by atoms with Crippen molar-refractivity contribution in [3.8, 4) is 6.07 Å². The first kappa shape index (κ1) is 8.42. The summed E-state index contributed by atoms with van der Waals surface area (Å²) in [5.41, 5.74) is 6.33. The number of rotatable bonds is 0. The highest BCUT2D eigenvalue weighted by Crippen LogP contribution is 2.32. The van der Waals surface area contributed by atoms with E-state index in [4.69, 9.17) is 11.0 Å². The number of nitrogen functional groups attached to an aromatic ring is 1. The molecule has 0 atom stereocenters. The number of fused-ring (bicyclic) bond motifs is 1. The number of hydrogen-bond acceptors (Lipinski definition) is 4. The first-order valence-electron chi connectivity index (χ1n) is 3.63. The van der Waals surface area contributed by atoms with Gasteiger partial charge in [-0.25, -0.2) is 0 Å². The largest absolute Gasteiger partial charge is 0.399 e. The smallest absolute Gasteiger partial charge is 0.110 e. The van der Waals surface area contributed by atoms with E-state index in [9.17, 15) is 0 Å². The highest BCUT2D eigenvalue weighted by molar-refractivity contribution is 7.80. The summed E-state index contributed by atoms with van der Waals surface area (Å²) in [4.78, 5) is 1.53. The van der Waals surface area contributed by atoms with E-state index in [1.165, 1.54) is 11.3 Å². The zero-order valence-electron chi connectivity index (χ0n) is 6.61. The molecule has 0 saturated carbocycles. The Kier molecular flexibility index (Phi) is 1.91. The number of anilines is 1. The minimum Gasteiger partial charge on any atom is -0.399 e. The third-order valence-corrected chi connectivity index (χ3v) is 3.32. The average Bonchev–Trinajstić information content (AvgIpc) is 2.47. The fourth-order valence-electron chi connectivity index (χ4n) is 1.21. The van der Waals surface area contributed by atoms with Crippen molar-refractivity contribution in [2.45, 2.75) is 4.90 Å². The number of benzene rings is 1. The maximum absolute atomic E-state index is 8.70. The molecule has 13 heavy (non-hydrogen) atoms. The lowest BCUT2D eigenvalue weighted by Crippen LogP contribution is -1.82. The summed E-state index contributed by atoms with van der Waals surface area (Å²) >= 11 is 5.73. The zero-order chi connectivity index (χ0) is 9.42. The fourth-order valence-corrected chi connectivity index (χ4v) is 2.48. The van der Waals surface area contributed by atoms with Gasteiger partial charge in [0, 0.05) is 15.3 Å². The Balaban J connectivity index is 2.84. The second kappa shape index (κ2) is 2.95. The molecule has 0 bridgehead atoms. The molecule has 0 aliphatic carbocycles. The minimum absolute atomic E-state index is 0.680. The summed E-state index contributed by atoms with van der Waals surface area (Å²) in [5.74, 6) is 0. The van der Waals surface area contributed by atoms with E-state index in [-0.39, 0.29) is 0 Å². The van der Waals surface area contributed by atoms with Gasteiger partial charge in [0.2, 0.25) is 0 Å². The van der Waals surface area contributed by atoms with Crippen LogP contribution in [-0.4, -0.2) is 0 Å². The molecule has 2 aromatic rings. The predicted molar refractivity (Wildman–Crippen MR) is 58.2 cm³/mol. The highest BCUT2D eigenvalue weighted by atomic mass is 32.1. The van der Waals surface area contributed by atoms with Crippen LogP contribution in [0.4, 0.5) is 5.69 Å². The van der Waals surface area contributed by atoms with Crippen molar-refractivity contribution in [2.24, 2.45) is 0 Å². The summed E-state index contributed by atoms with van der Waals surface area (Å²) in [6, 6.07) is 7.58. The molecule has 0 aliphatic rings. The molecule has 4 heteroatoms. The fraction of sp³-hybridized carbons (Fsp3) is 0. The van der Waals surface area contributed by atoms with Crippen molar-refractivity contribution in [3.05, 3.63) is 23.1 Å². The first-order valence-corrected chi connectivity index (χ1v) is 4.89. The number of thiophene rings is 1. The van der Waals surface area contributed by atoms with Gasteiger partial charge in [-0.15, -0.1) is 24.0 Å². The van der Waals surface area contributed by atoms with Crippen LogP contribution in [0.5, 0.6) is 0 Å². The summed E-state index contributed by atoms with van der Waals surface area (Å²) in [6.45, 7) is 0. The van der Waals surface area contributed by atoms with Crippen LogP contribution in [0.2, 0.25) is 0 Å². The SMILES string of the molecule is N#Cc1cc2cc(N)cc(S)c2s1. The van der Waals surface area contributed by atoms with Crippen LogP contribution >= 0.6 is 24.0 Å². The molecule has 0 unspecified atom stereocenters. The van der Waals surface area contributed by atoms with E-state index in [1.54, 1.807) is 6.07 Å². The van der Waals surface area contributed by atoms with Gasteiger partial charge in [0.25, 0.3) is 0 Å². The van der Waals surface area contributed by atoms with Crippen LogP contribution in [-0.2, 0) is 0 Å². The Morgan fingerprint density at radius 3 is 2.85 bits per heavy atom. The standard InChI is InChI=1S/C9H6N2S2/c10-4-7-2-5-1-6(11)3-8(12)9(5)13-7/h1-3,12H,11H2. The molecule has 0 spiro atoms. The molecule has 2 nitrogen and oxygen atoms in total. The normalized spacial score (nSPS) is 10.2. The van der Waals surface area contributed by atoms with Gasteiger partial charge in [-0.3, -0.25) is 0 Å². The number of hydrogen-bond donors (Lipinski definition) is 2. The highest BCUT2D eigenvalue weighted by Gasteiger charge is 2.04. The number of nitrogens with two attached hydrogens (primary N) is 1. The van der Waals surface area contributed by atoms with Crippen molar-refractivity contribution in [3.63, 3.8) is 0 Å². The van der Waals surface area contributed by atoms with Crippen LogP contribution in [0.25, 0.3) is 10.1 Å². The minimum atomic E-state index is 0.680. The van der Waals surface area contributed by atoms with Crippen molar-refractivity contribution in [1.29, 1.82) is 5.26 Å². The molecule has 1 aromatic carbocycles. The van der Waals surface area contributed by atoms with E-state index < -0.39 is 0 Å². The number of nitrogens with zero attached hydrogens (tertiary/aromatic N) is 1. The maximum atomic E-state index is 8.70. The van der Waals surface area contributed by atoms with Crippen molar-refractivity contribution in [2.75, 3.05) is 5.73 Å². The van der Waals surface area contributed by atoms with Gasteiger partial charge in [-0.2, -0.15) is 5.26 Å². The zero-order valence-corrected chi connectivity index (χ0v) is 8.32. The van der Waals surface area contributed by atoms with Gasteiger partial charge in [0.15, 0.2) is 0 Å². The molecule has 1 heterocycles. The van der Waals surface area contributed by atoms with Crippen LogP contribution in [0.1, 0.15) is 4.88 Å². The van der Waals surface area contributed by atoms with E-state index in [0.29, 0.717) is 10.6 Å². The van der Waals surface area contributed by atoms with E-state index >= 15 is 0 Å². The molecule has 0 amide bonds. The Morgan fingerprint density at radius 2 is 2.15 bits per heavy atom. The number of nitriles is 1. The Hall–Kier alpha value is -1.18. The summed E-state index contributed by atoms with van der Waals surface area (Å²) in [6.07, 6.45) is 0. The Morgan fingerprint density at radius 1 is 1.38 bits per heavy atom. The summed E-state index contributed by atoms with van der Waals surface area (Å²) < 4.78 is 1.02. The molecule has 64 valence electrons. The lowest BCUT2D eigenvalue weighted by Gasteiger charge is -1.96. The van der Waals surface area contributed by atoms with Crippen molar-refractivity contribution < 1.29 is 0 Å². The van der Waals surface area contributed by atoms with Crippen LogP contribution in [0, 0.1) is 11.3 Å². The van der Waals surface area contributed by atoms with Gasteiger partial charge in [0.05, 0.1) is 0 Å². The second-order valence-corrected chi connectivity index (χ2v) is 4.21. The Bertz CT molecular complexity index is 508. The van der Waals surface area contributed by atoms with E-state index in [1.807, 2.05) is 12.1 Å². The van der Waals surface area contributed by atoms with Gasteiger partial charge < -0.3 is 5.73 Å². The molecule has 0 fully saturated rings. The number of thiol groups is 1. The van der Waals surface area contributed by atoms with Crippen LogP contribution < -0.4 is 5.73 Å². The van der Waals surface area contributed by atoms with Gasteiger partial charge >= 0.3 is 0 Å². The molecule has 2 rings (SSSR count). The lowest BCUT2D eigenvalue weighted by molar-refractivity contribution is 1.52. The monoisotopic (exact) mass is 206 g/mol. The quantitative estimate of drug-likeness (QED) is 0.514. The maximum Gasteiger partial charge on any atom is 0.110 e. The molecule has 2 N–H and O–H groups in total. The third-order valence-electron chi connectivity index (χ3n) is 1.73. The van der Waals surface area contributed by atoms with Crippen molar-refractivity contribution in [1.82, 2.24) is 0 Å². The van der Waals surface area contributed by atoms with E-state index in [2.05, 4.69) is 18.7 Å². The van der Waals surface area contributed by atoms with Gasteiger partial charge in [-0.1, -0.05) is 0 Å². The van der Waals surface area contributed by atoms with Gasteiger partial charge in [-0.05, 0) is 23.6 Å². The average molecular weight is 206 g/mol. The topological polar surface area (TPSA) is 49.8 Å². The second-order valence-electron chi connectivity index (χ2n) is 2.68. The van der Waals surface area contributed by atoms with Gasteiger partial charge in [0.1, 0.15) is 10.9 Å². The van der Waals surface area contributed by atoms with Crippen LogP contribution in [0.3, 0.4) is 0 Å². The van der Waals surface area contributed by atoms with Crippen LogP contribution in [0.15, 0.2) is 23.1 Å². The predicted octanol–water partition coefficient (Wildman–Crippen LogP) is 2.64. The molecule has 1 aromatic heterocycles. The third kappa shape index (κ3) is 1.37. The first-order chi connectivity index (χ1) is 6.20. The Labute approximate surface area is 85.0 Å². The lowest BCUT2D eigenvalue weighted by atomic mass is 10.2. The molecular formula is C9H6N2S2. The molecule has 0 saturated heterocycles.